The first kappa shape index (κ1) is 64.6. The molecule has 16 aromatic carbocycles. The summed E-state index contributed by atoms with van der Waals surface area (Å²) >= 11 is 1.87. The summed E-state index contributed by atoms with van der Waals surface area (Å²) in [5, 5.41) is 10.2. The molecule has 0 spiro atoms. The minimum absolute atomic E-state index is 0.102. The van der Waals surface area contributed by atoms with Gasteiger partial charge >= 0.3 is 0 Å². The Bertz CT molecular complexity index is 6950. The lowest BCUT2D eigenvalue weighted by molar-refractivity contribution is 0.660. The van der Waals surface area contributed by atoms with Crippen molar-refractivity contribution in [1.29, 1.82) is 0 Å². The Morgan fingerprint density at radius 2 is 0.631 bits per heavy atom. The highest BCUT2D eigenvalue weighted by Gasteiger charge is 2.38. The predicted molar refractivity (Wildman–Crippen MR) is 469 cm³/mol. The third kappa shape index (κ3) is 10.2. The minimum Gasteiger partial charge on any atom is -0.308 e. The minimum atomic E-state index is -0.133. The van der Waals surface area contributed by atoms with E-state index in [1.54, 1.807) is 0 Å². The van der Waals surface area contributed by atoms with Crippen molar-refractivity contribution in [3.63, 3.8) is 0 Å². The van der Waals surface area contributed by atoms with Gasteiger partial charge in [-0.2, -0.15) is 0 Å². The van der Waals surface area contributed by atoms with Gasteiger partial charge in [0, 0.05) is 77.0 Å². The highest BCUT2D eigenvalue weighted by Crippen LogP contribution is 2.57. The second kappa shape index (κ2) is 25.0. The van der Waals surface area contributed by atoms with Crippen molar-refractivity contribution < 1.29 is 0 Å². The van der Waals surface area contributed by atoms with Gasteiger partial charge in [-0.05, 0) is 241 Å². The molecule has 19 aromatic rings. The average molecular weight is 1430 g/mol. The van der Waals surface area contributed by atoms with E-state index in [0.717, 1.165) is 45.3 Å². The summed E-state index contributed by atoms with van der Waals surface area (Å²) in [4.78, 5) is 14.4. The zero-order valence-electron chi connectivity index (χ0n) is 61.8. The smallest absolute Gasteiger partial charge is 0.0723 e. The lowest BCUT2D eigenvalue weighted by Crippen LogP contribution is -2.15. The van der Waals surface area contributed by atoms with Crippen LogP contribution >= 0.6 is 11.3 Å². The highest BCUT2D eigenvalue weighted by molar-refractivity contribution is 7.25. The van der Waals surface area contributed by atoms with Crippen molar-refractivity contribution in [1.82, 2.24) is 9.97 Å². The third-order valence-electron chi connectivity index (χ3n) is 24.3. The Labute approximate surface area is 649 Å². The van der Waals surface area contributed by atoms with Crippen LogP contribution in [0, 0.1) is 0 Å². The molecule has 5 heteroatoms. The summed E-state index contributed by atoms with van der Waals surface area (Å²) < 4.78 is 2.62. The fourth-order valence-electron chi connectivity index (χ4n) is 18.9. The number of anilines is 6. The number of nitrogens with zero attached hydrogens (tertiary/aromatic N) is 4. The van der Waals surface area contributed by atoms with Crippen LogP contribution in [0.15, 0.2) is 365 Å². The summed E-state index contributed by atoms with van der Waals surface area (Å²) in [6.07, 6.45) is 7.93. The number of aromatic nitrogens is 2. The first-order chi connectivity index (χ1) is 54.5. The Morgan fingerprint density at radius 1 is 0.234 bits per heavy atom. The highest BCUT2D eigenvalue weighted by atomic mass is 32.1. The van der Waals surface area contributed by atoms with Gasteiger partial charge in [0.1, 0.15) is 0 Å². The maximum Gasteiger partial charge on any atom is 0.0723 e. The first-order valence-corrected chi connectivity index (χ1v) is 39.3. The van der Waals surface area contributed by atoms with Crippen LogP contribution in [-0.4, -0.2) is 9.97 Å². The molecular weight excluding hydrogens is 1360 g/mol. The number of benzene rings is 16. The largest absolute Gasteiger partial charge is 0.308 e. The zero-order valence-corrected chi connectivity index (χ0v) is 62.7. The molecule has 0 saturated carbocycles. The van der Waals surface area contributed by atoms with Gasteiger partial charge in [-0.25, -0.2) is 0 Å². The van der Waals surface area contributed by atoms with Gasteiger partial charge in [0.15, 0.2) is 0 Å². The van der Waals surface area contributed by atoms with Gasteiger partial charge in [0.2, 0.25) is 0 Å². The van der Waals surface area contributed by atoms with Gasteiger partial charge in [0.05, 0.1) is 35.1 Å². The van der Waals surface area contributed by atoms with Gasteiger partial charge in [-0.1, -0.05) is 270 Å². The van der Waals surface area contributed by atoms with Crippen LogP contribution in [0.2, 0.25) is 0 Å². The molecule has 4 nitrogen and oxygen atoms in total. The molecule has 0 amide bonds. The molecular formula is C106H72N4S. The van der Waals surface area contributed by atoms with E-state index in [4.69, 9.17) is 9.97 Å². The van der Waals surface area contributed by atoms with E-state index in [1.807, 2.05) is 36.1 Å². The second-order valence-electron chi connectivity index (χ2n) is 31.2. The number of pyridine rings is 2. The molecule has 0 unspecified atom stereocenters. The van der Waals surface area contributed by atoms with E-state index in [1.165, 1.54) is 175 Å². The molecule has 23 rings (SSSR count). The summed E-state index contributed by atoms with van der Waals surface area (Å²) in [7, 11) is 0. The van der Waals surface area contributed by atoms with Gasteiger partial charge in [-0.15, -0.1) is 11.3 Å². The second-order valence-corrected chi connectivity index (χ2v) is 32.3. The molecule has 5 heterocycles. The summed E-state index contributed by atoms with van der Waals surface area (Å²) in [6, 6.07) is 126. The Kier molecular flexibility index (Phi) is 14.5. The average Bonchev–Trinajstić information content (AvgIpc) is 1.03. The molecule has 111 heavy (non-hydrogen) atoms. The molecule has 0 bridgehead atoms. The fraction of sp³-hybridized carbons (Fsp3) is 0.0566. The maximum absolute atomic E-state index is 4.79. The van der Waals surface area contributed by atoms with Crippen molar-refractivity contribution in [2.75, 3.05) is 9.80 Å². The molecule has 0 atom stereocenters. The molecule has 0 fully saturated rings. The molecule has 0 radical (unpaired) electrons. The van der Waals surface area contributed by atoms with Gasteiger partial charge in [0.25, 0.3) is 0 Å². The van der Waals surface area contributed by atoms with E-state index >= 15 is 0 Å². The van der Waals surface area contributed by atoms with E-state index in [0.29, 0.717) is 0 Å². The maximum atomic E-state index is 4.79. The normalized spacial score (nSPS) is 13.5. The Balaban J connectivity index is 0.000000137. The molecule has 0 saturated heterocycles. The quantitative estimate of drug-likeness (QED) is 0.166. The molecule has 2 aliphatic carbocycles. The summed E-state index contributed by atoms with van der Waals surface area (Å²) in [6.45, 7) is 9.48. The van der Waals surface area contributed by atoms with Crippen LogP contribution in [0.5, 0.6) is 0 Å². The van der Waals surface area contributed by atoms with Crippen molar-refractivity contribution in [3.8, 4) is 111 Å². The molecule has 0 N–H and O–H groups in total. The number of rotatable bonds is 6. The van der Waals surface area contributed by atoms with Crippen LogP contribution in [0.1, 0.15) is 49.9 Å². The summed E-state index contributed by atoms with van der Waals surface area (Å²) in [5.41, 5.74) is 36.3. The number of hydrogen-bond donors (Lipinski definition) is 0. The van der Waals surface area contributed by atoms with E-state index < -0.39 is 0 Å². The number of fused-ring (bicyclic) bond motifs is 18. The van der Waals surface area contributed by atoms with E-state index in [2.05, 4.69) is 377 Å². The predicted octanol–water partition coefficient (Wildman–Crippen LogP) is 29.5. The van der Waals surface area contributed by atoms with Crippen molar-refractivity contribution in [3.05, 3.63) is 387 Å². The van der Waals surface area contributed by atoms with Crippen LogP contribution in [0.25, 0.3) is 164 Å². The molecule has 4 aliphatic rings. The first-order valence-electron chi connectivity index (χ1n) is 38.5. The Morgan fingerprint density at radius 3 is 1.20 bits per heavy atom. The summed E-state index contributed by atoms with van der Waals surface area (Å²) in [5.74, 6) is 0. The number of para-hydroxylation sites is 2. The van der Waals surface area contributed by atoms with E-state index in [-0.39, 0.29) is 10.8 Å². The SMILES string of the molecule is CC1(C)c2cc(-c3cc(-c4ccccc4)cc(N4c5ccccc5-c5cccc6cccc(c56)-c5ccncc54)c3)ccc2-c2cc3ccccc3cc21.CC1(C)c2ccccc2-c2ccc(-c3cc(-c4ccc5c(c4)sc4ccccc45)cc(N4c5ccccc5-c5cccc6cccc(c56)-c5ccncc54)c3)cc21. The molecule has 522 valence electrons. The molecule has 2 aliphatic heterocycles. The lowest BCUT2D eigenvalue weighted by Gasteiger charge is -2.32. The molecule has 3 aromatic heterocycles. The van der Waals surface area contributed by atoms with Crippen molar-refractivity contribution in [2.24, 2.45) is 0 Å². The topological polar surface area (TPSA) is 32.3 Å². The third-order valence-corrected chi connectivity index (χ3v) is 25.4. The van der Waals surface area contributed by atoms with Crippen LogP contribution in [0.4, 0.5) is 34.1 Å². The standard InChI is InChI=1S/C54H36N2S.C52H36N2/c1-54(2)47-18-6-3-13-39(47)40-23-21-34(30-48(40)54)36-27-37(35-22-24-44-43-15-5-8-20-51(43)57-52(44)31-35)29-38(28-36)56-49-19-7-4-14-41(49)45-16-9-11-33-12-10-17-46(53(33)45)42-25-26-55-32-50(42)56;1-52(2)47-31-37(22-23-41(47)46-29-35-14-6-7-15-36(35)30-48(46)52)39-26-38(33-12-4-3-5-13-33)27-40(28-39)54-49-21-9-8-18-42(49)44-19-10-16-34-17-11-20-45(51(34)44)43-24-25-53-32-50(43)54/h3-32H,1-2H3;3-32H,1-2H3. The van der Waals surface area contributed by atoms with Gasteiger partial charge < -0.3 is 9.80 Å². The van der Waals surface area contributed by atoms with Crippen LogP contribution in [-0.2, 0) is 10.8 Å². The zero-order chi connectivity index (χ0) is 73.8. The van der Waals surface area contributed by atoms with E-state index in [9.17, 15) is 0 Å². The van der Waals surface area contributed by atoms with Crippen molar-refractivity contribution >= 4 is 98.0 Å². The number of thiophene rings is 1. The number of hydrogen-bond acceptors (Lipinski definition) is 5. The van der Waals surface area contributed by atoms with Crippen LogP contribution in [0.3, 0.4) is 0 Å². The Hall–Kier alpha value is -13.6. The van der Waals surface area contributed by atoms with Gasteiger partial charge in [-0.3, -0.25) is 9.97 Å². The fourth-order valence-corrected chi connectivity index (χ4v) is 20.1. The monoisotopic (exact) mass is 1430 g/mol. The van der Waals surface area contributed by atoms with Crippen molar-refractivity contribution in [2.45, 2.75) is 38.5 Å². The lowest BCUT2D eigenvalue weighted by atomic mass is 9.81. The van der Waals surface area contributed by atoms with Crippen LogP contribution < -0.4 is 9.80 Å².